The van der Waals surface area contributed by atoms with Crippen molar-refractivity contribution in [1.29, 1.82) is 0 Å². The van der Waals surface area contributed by atoms with Gasteiger partial charge in [-0.05, 0) is 50.5 Å². The van der Waals surface area contributed by atoms with E-state index in [9.17, 15) is 4.79 Å². The molecule has 0 radical (unpaired) electrons. The van der Waals surface area contributed by atoms with Crippen LogP contribution in [0.2, 0.25) is 0 Å². The molecule has 3 heterocycles. The van der Waals surface area contributed by atoms with Gasteiger partial charge in [0.2, 0.25) is 11.9 Å². The van der Waals surface area contributed by atoms with Crippen LogP contribution in [0.4, 0.5) is 5.95 Å². The Morgan fingerprint density at radius 3 is 3.04 bits per heavy atom. The number of primary amides is 1. The van der Waals surface area contributed by atoms with Crippen molar-refractivity contribution in [3.63, 3.8) is 0 Å². The lowest BCUT2D eigenvalue weighted by Crippen LogP contribution is -2.23. The number of nitrogens with zero attached hydrogens (tertiary/aromatic N) is 5. The SMILES string of the molecule is Cc1cc2cc(-n3nnc4cnc(NC5CC[C@@H](C(N)=O)C5)nc43)ccc2[nH]1. The number of hydrogen-bond acceptors (Lipinski definition) is 6. The summed E-state index contributed by atoms with van der Waals surface area (Å²) in [4.78, 5) is 23.7. The van der Waals surface area contributed by atoms with E-state index < -0.39 is 0 Å². The molecule has 0 aliphatic heterocycles. The zero-order valence-corrected chi connectivity index (χ0v) is 15.4. The van der Waals surface area contributed by atoms with Crippen molar-refractivity contribution in [3.05, 3.63) is 36.2 Å². The van der Waals surface area contributed by atoms with E-state index in [1.807, 2.05) is 19.1 Å². The molecule has 4 aromatic rings. The van der Waals surface area contributed by atoms with Crippen LogP contribution in [-0.4, -0.2) is 41.9 Å². The van der Waals surface area contributed by atoms with E-state index in [4.69, 9.17) is 5.73 Å². The summed E-state index contributed by atoms with van der Waals surface area (Å²) < 4.78 is 1.71. The summed E-state index contributed by atoms with van der Waals surface area (Å²) in [7, 11) is 0. The molecule has 1 aliphatic carbocycles. The maximum Gasteiger partial charge on any atom is 0.225 e. The van der Waals surface area contributed by atoms with Crippen LogP contribution in [-0.2, 0) is 4.79 Å². The molecular weight excluding hydrogens is 356 g/mol. The Balaban J connectivity index is 1.47. The highest BCUT2D eigenvalue weighted by Crippen LogP contribution is 2.27. The first-order valence-corrected chi connectivity index (χ1v) is 9.31. The number of nitrogens with one attached hydrogen (secondary N) is 2. The maximum absolute atomic E-state index is 11.4. The monoisotopic (exact) mass is 376 g/mol. The number of benzene rings is 1. The van der Waals surface area contributed by atoms with Crippen molar-refractivity contribution < 1.29 is 4.79 Å². The Morgan fingerprint density at radius 1 is 1.32 bits per heavy atom. The predicted molar refractivity (Wildman–Crippen MR) is 105 cm³/mol. The Morgan fingerprint density at radius 2 is 2.21 bits per heavy atom. The highest BCUT2D eigenvalue weighted by atomic mass is 16.1. The quantitative estimate of drug-likeness (QED) is 0.500. The number of aromatic amines is 1. The molecule has 9 nitrogen and oxygen atoms in total. The normalized spacial score (nSPS) is 19.5. The first kappa shape index (κ1) is 16.7. The number of rotatable bonds is 4. The van der Waals surface area contributed by atoms with E-state index in [1.165, 1.54) is 0 Å². The Bertz CT molecular complexity index is 1190. The summed E-state index contributed by atoms with van der Waals surface area (Å²) in [6.45, 7) is 2.03. The van der Waals surface area contributed by atoms with Gasteiger partial charge in [0.25, 0.3) is 0 Å². The van der Waals surface area contributed by atoms with Crippen molar-refractivity contribution in [2.24, 2.45) is 11.7 Å². The third-order valence-electron chi connectivity index (χ3n) is 5.34. The molecule has 1 fully saturated rings. The zero-order valence-electron chi connectivity index (χ0n) is 15.4. The smallest absolute Gasteiger partial charge is 0.225 e. The maximum atomic E-state index is 11.4. The average Bonchev–Trinajstić information content (AvgIpc) is 3.38. The third-order valence-corrected chi connectivity index (χ3v) is 5.34. The second-order valence-electron chi connectivity index (χ2n) is 7.38. The molecule has 3 aromatic heterocycles. The first-order valence-electron chi connectivity index (χ1n) is 9.31. The second-order valence-corrected chi connectivity index (χ2v) is 7.38. The van der Waals surface area contributed by atoms with Crippen LogP contribution in [0.5, 0.6) is 0 Å². The minimum absolute atomic E-state index is 0.0787. The van der Waals surface area contributed by atoms with E-state index in [-0.39, 0.29) is 17.9 Å². The highest BCUT2D eigenvalue weighted by molar-refractivity contribution is 5.83. The average molecular weight is 376 g/mol. The fourth-order valence-electron chi connectivity index (χ4n) is 3.92. The topological polar surface area (TPSA) is 127 Å². The van der Waals surface area contributed by atoms with Gasteiger partial charge in [0, 0.05) is 28.6 Å². The summed E-state index contributed by atoms with van der Waals surface area (Å²) in [5.74, 6) is 0.188. The van der Waals surface area contributed by atoms with Gasteiger partial charge in [0.1, 0.15) is 0 Å². The molecule has 0 bridgehead atoms. The van der Waals surface area contributed by atoms with Crippen LogP contribution in [0.1, 0.15) is 25.0 Å². The number of carbonyl (C=O) groups excluding carboxylic acids is 1. The van der Waals surface area contributed by atoms with Gasteiger partial charge in [-0.3, -0.25) is 4.79 Å². The number of carbonyl (C=O) groups is 1. The molecule has 4 N–H and O–H groups in total. The van der Waals surface area contributed by atoms with Gasteiger partial charge in [-0.15, -0.1) is 5.10 Å². The summed E-state index contributed by atoms with van der Waals surface area (Å²) >= 11 is 0. The predicted octanol–water partition coefficient (Wildman–Crippen LogP) is 2.07. The molecule has 1 saturated carbocycles. The van der Waals surface area contributed by atoms with Crippen molar-refractivity contribution >= 4 is 33.9 Å². The Labute approximate surface area is 160 Å². The largest absolute Gasteiger partial charge is 0.369 e. The lowest BCUT2D eigenvalue weighted by molar-refractivity contribution is -0.121. The molecule has 2 atom stereocenters. The summed E-state index contributed by atoms with van der Waals surface area (Å²) in [6, 6.07) is 8.29. The van der Waals surface area contributed by atoms with Crippen LogP contribution in [0.15, 0.2) is 30.5 Å². The molecule has 142 valence electrons. The standard InChI is InChI=1S/C19H20N8O/c1-10-6-12-8-14(4-5-15(12)22-10)27-18-16(25-26-27)9-21-19(24-18)23-13-3-2-11(7-13)17(20)28/h4-6,8-9,11,13,22H,2-3,7H2,1H3,(H2,20,28)(H,21,23,24)/t11-,13?/m1/s1. The van der Waals surface area contributed by atoms with Crippen molar-refractivity contribution in [2.75, 3.05) is 5.32 Å². The molecule has 1 amide bonds. The van der Waals surface area contributed by atoms with Gasteiger partial charge < -0.3 is 16.0 Å². The summed E-state index contributed by atoms with van der Waals surface area (Å²) in [6.07, 6.45) is 4.03. The number of aryl methyl sites for hydroxylation is 1. The van der Waals surface area contributed by atoms with Gasteiger partial charge >= 0.3 is 0 Å². The number of fused-ring (bicyclic) bond motifs is 2. The Kier molecular flexibility index (Phi) is 3.75. The number of amides is 1. The Hall–Kier alpha value is -3.49. The first-order chi connectivity index (χ1) is 13.6. The molecule has 1 aromatic carbocycles. The van der Waals surface area contributed by atoms with Crippen molar-refractivity contribution in [3.8, 4) is 5.69 Å². The van der Waals surface area contributed by atoms with E-state index in [0.29, 0.717) is 23.5 Å². The summed E-state index contributed by atoms with van der Waals surface area (Å²) in [5, 5.41) is 12.9. The number of aromatic nitrogens is 6. The lowest BCUT2D eigenvalue weighted by Gasteiger charge is -2.12. The van der Waals surface area contributed by atoms with Crippen molar-refractivity contribution in [1.82, 2.24) is 29.9 Å². The minimum atomic E-state index is -0.238. The molecule has 1 unspecified atom stereocenters. The van der Waals surface area contributed by atoms with E-state index >= 15 is 0 Å². The van der Waals surface area contributed by atoms with Crippen LogP contribution >= 0.6 is 0 Å². The number of hydrogen-bond donors (Lipinski definition) is 3. The number of anilines is 1. The minimum Gasteiger partial charge on any atom is -0.369 e. The fourth-order valence-corrected chi connectivity index (χ4v) is 3.92. The lowest BCUT2D eigenvalue weighted by atomic mass is 10.1. The van der Waals surface area contributed by atoms with E-state index in [0.717, 1.165) is 35.1 Å². The highest BCUT2D eigenvalue weighted by Gasteiger charge is 2.28. The summed E-state index contributed by atoms with van der Waals surface area (Å²) in [5.41, 5.74) is 9.74. The van der Waals surface area contributed by atoms with Gasteiger partial charge in [-0.2, -0.15) is 9.67 Å². The fraction of sp³-hybridized carbons (Fsp3) is 0.316. The van der Waals surface area contributed by atoms with E-state index in [2.05, 4.69) is 42.7 Å². The van der Waals surface area contributed by atoms with Crippen LogP contribution in [0, 0.1) is 12.8 Å². The van der Waals surface area contributed by atoms with Gasteiger partial charge in [-0.25, -0.2) is 4.98 Å². The molecule has 0 saturated heterocycles. The van der Waals surface area contributed by atoms with E-state index in [1.54, 1.807) is 10.9 Å². The molecule has 9 heteroatoms. The molecule has 28 heavy (non-hydrogen) atoms. The third kappa shape index (κ3) is 2.84. The number of H-pyrrole nitrogens is 1. The van der Waals surface area contributed by atoms with Gasteiger partial charge in [-0.1, -0.05) is 5.21 Å². The molecule has 0 spiro atoms. The second kappa shape index (κ2) is 6.29. The molecular formula is C19H20N8O. The van der Waals surface area contributed by atoms with Crippen LogP contribution in [0.3, 0.4) is 0 Å². The van der Waals surface area contributed by atoms with Gasteiger partial charge in [0.05, 0.1) is 11.9 Å². The van der Waals surface area contributed by atoms with Gasteiger partial charge in [0.15, 0.2) is 11.2 Å². The molecule has 1 aliphatic rings. The number of nitrogens with two attached hydrogens (primary N) is 1. The van der Waals surface area contributed by atoms with Crippen LogP contribution < -0.4 is 11.1 Å². The van der Waals surface area contributed by atoms with Crippen molar-refractivity contribution in [2.45, 2.75) is 32.2 Å². The van der Waals surface area contributed by atoms with Crippen LogP contribution in [0.25, 0.3) is 27.8 Å². The zero-order chi connectivity index (χ0) is 19.3. The molecule has 5 rings (SSSR count).